The molecule has 128 valence electrons. The molecule has 0 saturated carbocycles. The Labute approximate surface area is 148 Å². The molecule has 1 heterocycles. The van der Waals surface area contributed by atoms with Crippen LogP contribution in [0.5, 0.6) is 5.75 Å². The second-order valence-corrected chi connectivity index (χ2v) is 6.73. The van der Waals surface area contributed by atoms with Crippen molar-refractivity contribution in [2.45, 2.75) is 25.0 Å². The summed E-state index contributed by atoms with van der Waals surface area (Å²) in [6.45, 7) is 2.43. The van der Waals surface area contributed by atoms with Crippen LogP contribution in [-0.4, -0.2) is 24.3 Å². The highest BCUT2D eigenvalue weighted by Crippen LogP contribution is 2.30. The lowest BCUT2D eigenvalue weighted by molar-refractivity contribution is 0.0106. The molecule has 0 radical (unpaired) electrons. The zero-order valence-corrected chi connectivity index (χ0v) is 14.2. The normalized spacial score (nSPS) is 20.6. The molecule has 1 aliphatic rings. The van der Waals surface area contributed by atoms with Crippen molar-refractivity contribution >= 4 is 10.8 Å². The lowest BCUT2D eigenvalue weighted by Crippen LogP contribution is -2.40. The number of nitrogens with one attached hydrogen (secondary N) is 1. The number of ether oxygens (including phenoxy) is 1. The zero-order chi connectivity index (χ0) is 17.1. The highest BCUT2D eigenvalue weighted by atomic mass is 16.5. The van der Waals surface area contributed by atoms with Gasteiger partial charge in [-0.15, -0.1) is 0 Å². The van der Waals surface area contributed by atoms with Crippen molar-refractivity contribution in [2.24, 2.45) is 0 Å². The standard InChI is InChI=1S/C22H23NO2/c24-20-7-3-6-19(13-20)21-10-11-23-14-22(21)25-15-16-8-9-17-4-1-2-5-18(17)12-16/h1-9,12-13,21-24H,10-11,14-15H2. The molecule has 0 bridgehead atoms. The predicted molar refractivity (Wildman–Crippen MR) is 101 cm³/mol. The van der Waals surface area contributed by atoms with E-state index in [1.54, 1.807) is 6.07 Å². The van der Waals surface area contributed by atoms with Gasteiger partial charge in [0.2, 0.25) is 0 Å². The average molecular weight is 333 g/mol. The summed E-state index contributed by atoms with van der Waals surface area (Å²) in [5.74, 6) is 0.637. The Kier molecular flexibility index (Phi) is 4.68. The minimum Gasteiger partial charge on any atom is -0.508 e. The van der Waals surface area contributed by atoms with Crippen molar-refractivity contribution in [1.29, 1.82) is 0 Å². The van der Waals surface area contributed by atoms with Crippen LogP contribution in [0, 0.1) is 0 Å². The smallest absolute Gasteiger partial charge is 0.115 e. The molecule has 2 N–H and O–H groups in total. The summed E-state index contributed by atoms with van der Waals surface area (Å²) in [5, 5.41) is 15.7. The van der Waals surface area contributed by atoms with Crippen LogP contribution in [0.3, 0.4) is 0 Å². The number of piperidine rings is 1. The minimum absolute atomic E-state index is 0.113. The molecule has 1 saturated heterocycles. The second-order valence-electron chi connectivity index (χ2n) is 6.73. The molecular formula is C22H23NO2. The van der Waals surface area contributed by atoms with Crippen molar-refractivity contribution in [3.63, 3.8) is 0 Å². The highest BCUT2D eigenvalue weighted by Gasteiger charge is 2.27. The Hall–Kier alpha value is -2.36. The van der Waals surface area contributed by atoms with E-state index < -0.39 is 0 Å². The molecule has 3 aromatic rings. The molecule has 0 amide bonds. The Morgan fingerprint density at radius 3 is 2.72 bits per heavy atom. The maximum Gasteiger partial charge on any atom is 0.115 e. The van der Waals surface area contributed by atoms with E-state index in [0.29, 0.717) is 18.3 Å². The first-order valence-corrected chi connectivity index (χ1v) is 8.88. The van der Waals surface area contributed by atoms with Crippen molar-refractivity contribution < 1.29 is 9.84 Å². The van der Waals surface area contributed by atoms with Gasteiger partial charge >= 0.3 is 0 Å². The molecule has 0 aromatic heterocycles. The number of phenolic OH excluding ortho intramolecular Hbond substituents is 1. The van der Waals surface area contributed by atoms with Gasteiger partial charge in [0, 0.05) is 12.5 Å². The largest absolute Gasteiger partial charge is 0.508 e. The van der Waals surface area contributed by atoms with Gasteiger partial charge in [0.25, 0.3) is 0 Å². The Bertz CT molecular complexity index is 861. The number of aromatic hydroxyl groups is 1. The summed E-state index contributed by atoms with van der Waals surface area (Å²) >= 11 is 0. The van der Waals surface area contributed by atoms with E-state index in [2.05, 4.69) is 53.8 Å². The van der Waals surface area contributed by atoms with E-state index in [0.717, 1.165) is 25.1 Å². The highest BCUT2D eigenvalue weighted by molar-refractivity contribution is 5.82. The molecule has 3 nitrogen and oxygen atoms in total. The first-order valence-electron chi connectivity index (χ1n) is 8.88. The predicted octanol–water partition coefficient (Wildman–Crippen LogP) is 4.21. The maximum atomic E-state index is 9.78. The third-order valence-electron chi connectivity index (χ3n) is 5.00. The summed E-state index contributed by atoms with van der Waals surface area (Å²) in [5.41, 5.74) is 2.35. The molecule has 3 heteroatoms. The molecule has 25 heavy (non-hydrogen) atoms. The third-order valence-corrected chi connectivity index (χ3v) is 5.00. The van der Waals surface area contributed by atoms with Gasteiger partial charge in [0.05, 0.1) is 12.7 Å². The van der Waals surface area contributed by atoms with E-state index in [1.807, 2.05) is 12.1 Å². The van der Waals surface area contributed by atoms with E-state index in [1.165, 1.54) is 16.3 Å². The SMILES string of the molecule is Oc1cccc(C2CCNCC2OCc2ccc3ccccc3c2)c1. The van der Waals surface area contributed by atoms with Gasteiger partial charge in [0.15, 0.2) is 0 Å². The number of benzene rings is 3. The lowest BCUT2D eigenvalue weighted by Gasteiger charge is -2.32. The molecule has 2 unspecified atom stereocenters. The van der Waals surface area contributed by atoms with E-state index >= 15 is 0 Å². The summed E-state index contributed by atoms with van der Waals surface area (Å²) in [6, 6.07) is 22.5. The van der Waals surface area contributed by atoms with Crippen LogP contribution in [0.4, 0.5) is 0 Å². The monoisotopic (exact) mass is 333 g/mol. The molecular weight excluding hydrogens is 310 g/mol. The van der Waals surface area contributed by atoms with Crippen LogP contribution in [-0.2, 0) is 11.3 Å². The Balaban J connectivity index is 1.49. The van der Waals surface area contributed by atoms with E-state index in [9.17, 15) is 5.11 Å². The topological polar surface area (TPSA) is 41.5 Å². The number of fused-ring (bicyclic) bond motifs is 1. The summed E-state index contributed by atoms with van der Waals surface area (Å²) < 4.78 is 6.28. The molecule has 0 aliphatic carbocycles. The molecule has 3 aromatic carbocycles. The molecule has 1 aliphatic heterocycles. The van der Waals surface area contributed by atoms with Gasteiger partial charge in [-0.1, -0.05) is 48.5 Å². The van der Waals surface area contributed by atoms with Gasteiger partial charge in [-0.2, -0.15) is 0 Å². The fourth-order valence-electron chi connectivity index (χ4n) is 3.67. The van der Waals surface area contributed by atoms with Gasteiger partial charge in [-0.05, 0) is 53.1 Å². The quantitative estimate of drug-likeness (QED) is 0.751. The summed E-state index contributed by atoms with van der Waals surface area (Å²) in [7, 11) is 0. The first kappa shape index (κ1) is 16.1. The van der Waals surface area contributed by atoms with Gasteiger partial charge in [0.1, 0.15) is 5.75 Å². The van der Waals surface area contributed by atoms with Crippen LogP contribution in [0.15, 0.2) is 66.7 Å². The van der Waals surface area contributed by atoms with Gasteiger partial charge < -0.3 is 15.2 Å². The Morgan fingerprint density at radius 1 is 0.960 bits per heavy atom. The third kappa shape index (κ3) is 3.68. The fourth-order valence-corrected chi connectivity index (χ4v) is 3.67. The summed E-state index contributed by atoms with van der Waals surface area (Å²) in [6.07, 6.45) is 1.13. The number of rotatable bonds is 4. The summed E-state index contributed by atoms with van der Waals surface area (Å²) in [4.78, 5) is 0. The van der Waals surface area contributed by atoms with Crippen LogP contribution >= 0.6 is 0 Å². The van der Waals surface area contributed by atoms with Crippen LogP contribution in [0.2, 0.25) is 0 Å². The first-order chi connectivity index (χ1) is 12.3. The molecule has 2 atom stereocenters. The lowest BCUT2D eigenvalue weighted by atomic mass is 9.87. The second kappa shape index (κ2) is 7.26. The maximum absolute atomic E-state index is 9.78. The van der Waals surface area contributed by atoms with E-state index in [4.69, 9.17) is 4.74 Å². The zero-order valence-electron chi connectivity index (χ0n) is 14.2. The number of phenols is 1. The number of hydrogen-bond donors (Lipinski definition) is 2. The van der Waals surface area contributed by atoms with Crippen LogP contribution in [0.1, 0.15) is 23.5 Å². The van der Waals surface area contributed by atoms with Crippen LogP contribution < -0.4 is 5.32 Å². The van der Waals surface area contributed by atoms with Crippen molar-refractivity contribution in [2.75, 3.05) is 13.1 Å². The van der Waals surface area contributed by atoms with Gasteiger partial charge in [-0.25, -0.2) is 0 Å². The van der Waals surface area contributed by atoms with Crippen molar-refractivity contribution in [3.05, 3.63) is 77.9 Å². The molecule has 0 spiro atoms. The van der Waals surface area contributed by atoms with Gasteiger partial charge in [-0.3, -0.25) is 0 Å². The Morgan fingerprint density at radius 2 is 1.84 bits per heavy atom. The van der Waals surface area contributed by atoms with E-state index in [-0.39, 0.29) is 6.10 Å². The average Bonchev–Trinajstić information content (AvgIpc) is 2.66. The van der Waals surface area contributed by atoms with Crippen molar-refractivity contribution in [1.82, 2.24) is 5.32 Å². The van der Waals surface area contributed by atoms with Crippen LogP contribution in [0.25, 0.3) is 10.8 Å². The minimum atomic E-state index is 0.113. The van der Waals surface area contributed by atoms with Crippen molar-refractivity contribution in [3.8, 4) is 5.75 Å². The molecule has 4 rings (SSSR count). The molecule has 1 fully saturated rings. The fraction of sp³-hybridized carbons (Fsp3) is 0.273. The number of hydrogen-bond acceptors (Lipinski definition) is 3.